The lowest BCUT2D eigenvalue weighted by Gasteiger charge is -2.30. The van der Waals surface area contributed by atoms with E-state index in [0.29, 0.717) is 18.8 Å². The number of nitrogens with zero attached hydrogens (tertiary/aromatic N) is 6. The molecule has 3 aromatic heterocycles. The van der Waals surface area contributed by atoms with Crippen molar-refractivity contribution in [1.29, 1.82) is 0 Å². The van der Waals surface area contributed by atoms with Crippen LogP contribution in [0.2, 0.25) is 0 Å². The average molecular weight is 366 g/mol. The maximum Gasteiger partial charge on any atom is 0.276 e. The van der Waals surface area contributed by atoms with Crippen molar-refractivity contribution in [2.45, 2.75) is 51.4 Å². The summed E-state index contributed by atoms with van der Waals surface area (Å²) in [4.78, 5) is 14.8. The number of aryl methyl sites for hydroxylation is 2. The van der Waals surface area contributed by atoms with Crippen LogP contribution in [-0.4, -0.2) is 48.9 Å². The Morgan fingerprint density at radius 2 is 1.96 bits per heavy atom. The summed E-state index contributed by atoms with van der Waals surface area (Å²) in [5.74, 6) is 2.04. The second-order valence-electron chi connectivity index (χ2n) is 7.51. The molecule has 27 heavy (non-hydrogen) atoms. The molecule has 1 aliphatic carbocycles. The second kappa shape index (κ2) is 6.44. The Balaban J connectivity index is 1.32. The highest BCUT2D eigenvalue weighted by Gasteiger charge is 2.31. The van der Waals surface area contributed by atoms with E-state index in [0.717, 1.165) is 67.0 Å². The summed E-state index contributed by atoms with van der Waals surface area (Å²) in [6.45, 7) is 3.33. The van der Waals surface area contributed by atoms with Gasteiger partial charge in [0.05, 0.1) is 5.69 Å². The molecule has 5 rings (SSSR count). The van der Waals surface area contributed by atoms with Gasteiger partial charge in [0.2, 0.25) is 0 Å². The highest BCUT2D eigenvalue weighted by Crippen LogP contribution is 2.29. The Kier molecular flexibility index (Phi) is 3.91. The molecule has 0 atom stereocenters. The predicted octanol–water partition coefficient (Wildman–Crippen LogP) is 2.32. The van der Waals surface area contributed by atoms with Gasteiger partial charge in [-0.25, -0.2) is 0 Å². The molecule has 0 saturated carbocycles. The summed E-state index contributed by atoms with van der Waals surface area (Å²) < 4.78 is 7.25. The van der Waals surface area contributed by atoms with Crippen molar-refractivity contribution in [3.05, 3.63) is 40.7 Å². The first-order chi connectivity index (χ1) is 13.2. The lowest BCUT2D eigenvalue weighted by molar-refractivity contribution is 0.0699. The van der Waals surface area contributed by atoms with Gasteiger partial charge in [-0.2, -0.15) is 9.61 Å². The van der Waals surface area contributed by atoms with Crippen molar-refractivity contribution in [2.24, 2.45) is 0 Å². The van der Waals surface area contributed by atoms with Crippen LogP contribution < -0.4 is 0 Å². The quantitative estimate of drug-likeness (QED) is 0.691. The number of hydrogen-bond acceptors (Lipinski definition) is 6. The van der Waals surface area contributed by atoms with E-state index in [9.17, 15) is 4.79 Å². The standard InChI is InChI=1S/C19H22N6O2/c1-12-6-7-16-20-21-18(25(16)22-12)13-8-10-24(11-9-13)19(26)17-14-4-2-3-5-15(14)27-23-17/h6-7,13H,2-5,8-11H2,1H3. The van der Waals surface area contributed by atoms with Crippen LogP contribution in [0, 0.1) is 6.92 Å². The molecule has 8 heteroatoms. The van der Waals surface area contributed by atoms with Gasteiger partial charge in [0.1, 0.15) is 5.76 Å². The van der Waals surface area contributed by atoms with Gasteiger partial charge in [0.25, 0.3) is 5.91 Å². The zero-order valence-electron chi connectivity index (χ0n) is 15.4. The molecule has 0 bridgehead atoms. The van der Waals surface area contributed by atoms with Gasteiger partial charge in [0.15, 0.2) is 17.2 Å². The maximum absolute atomic E-state index is 12.9. The highest BCUT2D eigenvalue weighted by molar-refractivity contribution is 5.94. The molecule has 0 N–H and O–H groups in total. The van der Waals surface area contributed by atoms with Crippen LogP contribution in [0.5, 0.6) is 0 Å². The number of amides is 1. The van der Waals surface area contributed by atoms with Crippen LogP contribution in [0.15, 0.2) is 16.7 Å². The van der Waals surface area contributed by atoms with Crippen LogP contribution >= 0.6 is 0 Å². The molecule has 1 aliphatic heterocycles. The topological polar surface area (TPSA) is 89.4 Å². The van der Waals surface area contributed by atoms with Crippen molar-refractivity contribution in [1.82, 2.24) is 29.9 Å². The largest absolute Gasteiger partial charge is 0.360 e. The molecule has 1 amide bonds. The average Bonchev–Trinajstić information content (AvgIpc) is 3.31. The first-order valence-corrected chi connectivity index (χ1v) is 9.66. The fraction of sp³-hybridized carbons (Fsp3) is 0.526. The van der Waals surface area contributed by atoms with Crippen molar-refractivity contribution in [3.8, 4) is 0 Å². The molecular formula is C19H22N6O2. The lowest BCUT2D eigenvalue weighted by atomic mass is 9.94. The Labute approximate surface area is 156 Å². The smallest absolute Gasteiger partial charge is 0.276 e. The van der Waals surface area contributed by atoms with Crippen molar-refractivity contribution in [3.63, 3.8) is 0 Å². The fourth-order valence-corrected chi connectivity index (χ4v) is 4.20. The van der Waals surface area contributed by atoms with Gasteiger partial charge >= 0.3 is 0 Å². The number of likely N-dealkylation sites (tertiary alicyclic amines) is 1. The molecule has 4 heterocycles. The van der Waals surface area contributed by atoms with Gasteiger partial charge in [-0.05, 0) is 51.2 Å². The number of carbonyl (C=O) groups excluding carboxylic acids is 1. The van der Waals surface area contributed by atoms with E-state index in [1.165, 1.54) is 0 Å². The number of hydrogen-bond donors (Lipinski definition) is 0. The summed E-state index contributed by atoms with van der Waals surface area (Å²) in [7, 11) is 0. The van der Waals surface area contributed by atoms with E-state index in [1.54, 1.807) is 0 Å². The maximum atomic E-state index is 12.9. The van der Waals surface area contributed by atoms with Crippen LogP contribution in [0.1, 0.15) is 64.9 Å². The minimum Gasteiger partial charge on any atom is -0.360 e. The van der Waals surface area contributed by atoms with Crippen LogP contribution in [0.4, 0.5) is 0 Å². The van der Waals surface area contributed by atoms with E-state index in [-0.39, 0.29) is 11.8 Å². The van der Waals surface area contributed by atoms with E-state index < -0.39 is 0 Å². The summed E-state index contributed by atoms with van der Waals surface area (Å²) >= 11 is 0. The van der Waals surface area contributed by atoms with E-state index >= 15 is 0 Å². The van der Waals surface area contributed by atoms with Crippen molar-refractivity contribution < 1.29 is 9.32 Å². The molecule has 1 saturated heterocycles. The molecule has 0 aromatic carbocycles. The first kappa shape index (κ1) is 16.4. The molecule has 1 fully saturated rings. The lowest BCUT2D eigenvalue weighted by Crippen LogP contribution is -2.39. The third kappa shape index (κ3) is 2.79. The number of carbonyl (C=O) groups is 1. The summed E-state index contributed by atoms with van der Waals surface area (Å²) in [6.07, 6.45) is 5.70. The molecule has 3 aromatic rings. The summed E-state index contributed by atoms with van der Waals surface area (Å²) in [5, 5.41) is 17.2. The monoisotopic (exact) mass is 366 g/mol. The second-order valence-corrected chi connectivity index (χ2v) is 7.51. The molecule has 8 nitrogen and oxygen atoms in total. The van der Waals surface area contributed by atoms with Gasteiger partial charge in [0, 0.05) is 31.0 Å². The van der Waals surface area contributed by atoms with E-state index in [2.05, 4.69) is 20.5 Å². The fourth-order valence-electron chi connectivity index (χ4n) is 4.20. The molecule has 140 valence electrons. The van der Waals surface area contributed by atoms with E-state index in [4.69, 9.17) is 4.52 Å². The van der Waals surface area contributed by atoms with Crippen molar-refractivity contribution >= 4 is 11.6 Å². The zero-order chi connectivity index (χ0) is 18.4. The first-order valence-electron chi connectivity index (χ1n) is 9.66. The van der Waals surface area contributed by atoms with Gasteiger partial charge in [-0.3, -0.25) is 4.79 Å². The van der Waals surface area contributed by atoms with Crippen LogP contribution in [-0.2, 0) is 12.8 Å². The van der Waals surface area contributed by atoms with Gasteiger partial charge in [-0.1, -0.05) is 5.16 Å². The predicted molar refractivity (Wildman–Crippen MR) is 96.5 cm³/mol. The molecule has 0 unspecified atom stereocenters. The minimum atomic E-state index is 0.000390. The highest BCUT2D eigenvalue weighted by atomic mass is 16.5. The van der Waals surface area contributed by atoms with Gasteiger partial charge in [-0.15, -0.1) is 10.2 Å². The van der Waals surface area contributed by atoms with Gasteiger partial charge < -0.3 is 9.42 Å². The van der Waals surface area contributed by atoms with Crippen LogP contribution in [0.3, 0.4) is 0 Å². The Morgan fingerprint density at radius 3 is 2.81 bits per heavy atom. The minimum absolute atomic E-state index is 0.000390. The Morgan fingerprint density at radius 1 is 1.15 bits per heavy atom. The number of piperidine rings is 1. The van der Waals surface area contributed by atoms with Crippen LogP contribution in [0.25, 0.3) is 5.65 Å². The number of fused-ring (bicyclic) bond motifs is 2. The third-order valence-electron chi connectivity index (χ3n) is 5.72. The Hall–Kier alpha value is -2.77. The third-order valence-corrected chi connectivity index (χ3v) is 5.72. The molecule has 0 spiro atoms. The SMILES string of the molecule is Cc1ccc2nnc(C3CCN(C(=O)c4noc5c4CCCC5)CC3)n2n1. The molecule has 0 radical (unpaired) electrons. The molecule has 2 aliphatic rings. The molecular weight excluding hydrogens is 344 g/mol. The van der Waals surface area contributed by atoms with Crippen molar-refractivity contribution in [2.75, 3.05) is 13.1 Å². The Bertz CT molecular complexity index is 999. The van der Waals surface area contributed by atoms with E-state index in [1.807, 2.05) is 28.5 Å². The number of aromatic nitrogens is 5. The normalized spacial score (nSPS) is 18.0. The summed E-state index contributed by atoms with van der Waals surface area (Å²) in [6, 6.07) is 3.87. The summed E-state index contributed by atoms with van der Waals surface area (Å²) in [5.41, 5.74) is 3.25. The number of rotatable bonds is 2. The zero-order valence-corrected chi connectivity index (χ0v) is 15.4.